The van der Waals surface area contributed by atoms with Gasteiger partial charge in [0.1, 0.15) is 5.82 Å². The van der Waals surface area contributed by atoms with Crippen LogP contribution in [0.5, 0.6) is 0 Å². The van der Waals surface area contributed by atoms with Crippen molar-refractivity contribution in [2.45, 2.75) is 13.8 Å². The Hall–Kier alpha value is -3.00. The van der Waals surface area contributed by atoms with Crippen molar-refractivity contribution in [1.82, 2.24) is 14.8 Å². The van der Waals surface area contributed by atoms with Crippen LogP contribution in [0.4, 0.5) is 15.4 Å². The molecule has 2 amide bonds. The molecule has 0 aliphatic heterocycles. The topological polar surface area (TPSA) is 85.2 Å². The summed E-state index contributed by atoms with van der Waals surface area (Å²) in [5, 5.41) is 1.55. The van der Waals surface area contributed by atoms with Crippen LogP contribution in [0.1, 0.15) is 13.8 Å². The van der Waals surface area contributed by atoms with E-state index in [1.807, 2.05) is 0 Å². The van der Waals surface area contributed by atoms with Gasteiger partial charge in [0.05, 0.1) is 36.0 Å². The second kappa shape index (κ2) is 7.49. The zero-order valence-corrected chi connectivity index (χ0v) is 15.0. The summed E-state index contributed by atoms with van der Waals surface area (Å²) >= 11 is 6.03. The summed E-state index contributed by atoms with van der Waals surface area (Å²) in [6.45, 7) is 3.67. The Labute approximate surface area is 154 Å². The number of benzene rings is 1. The Morgan fingerprint density at radius 1 is 1.19 bits per heavy atom. The molecule has 0 atom stereocenters. The van der Waals surface area contributed by atoms with Gasteiger partial charge in [0, 0.05) is 5.02 Å². The fourth-order valence-corrected chi connectivity index (χ4v) is 2.71. The van der Waals surface area contributed by atoms with E-state index in [9.17, 15) is 9.59 Å². The molecular formula is C17H17ClN4O4. The minimum atomic E-state index is -0.767. The van der Waals surface area contributed by atoms with E-state index in [1.54, 1.807) is 54.8 Å². The molecule has 3 rings (SSSR count). The summed E-state index contributed by atoms with van der Waals surface area (Å²) < 4.78 is 11.7. The maximum Gasteiger partial charge on any atom is 0.434 e. The van der Waals surface area contributed by atoms with Gasteiger partial charge in [-0.15, -0.1) is 0 Å². The number of hydrogen-bond acceptors (Lipinski definition) is 5. The number of carbonyl (C=O) groups is 2. The molecule has 1 aromatic carbocycles. The average Bonchev–Trinajstić information content (AvgIpc) is 3.04. The van der Waals surface area contributed by atoms with Crippen LogP contribution in [0.25, 0.3) is 16.6 Å². The lowest BCUT2D eigenvalue weighted by Gasteiger charge is -2.22. The molecule has 0 saturated carbocycles. The van der Waals surface area contributed by atoms with Crippen LogP contribution in [-0.4, -0.2) is 34.8 Å². The van der Waals surface area contributed by atoms with Crippen molar-refractivity contribution in [3.63, 3.8) is 0 Å². The highest BCUT2D eigenvalue weighted by Crippen LogP contribution is 2.26. The van der Waals surface area contributed by atoms with Gasteiger partial charge in [-0.25, -0.2) is 15.0 Å². The van der Waals surface area contributed by atoms with Gasteiger partial charge < -0.3 is 9.47 Å². The van der Waals surface area contributed by atoms with Gasteiger partial charge in [-0.2, -0.15) is 5.01 Å². The molecule has 2 aromatic heterocycles. The zero-order chi connectivity index (χ0) is 18.7. The summed E-state index contributed by atoms with van der Waals surface area (Å²) in [6, 6.07) is 8.67. The van der Waals surface area contributed by atoms with E-state index in [4.69, 9.17) is 21.1 Å². The van der Waals surface area contributed by atoms with Crippen LogP contribution in [0.2, 0.25) is 5.02 Å². The third-order valence-electron chi connectivity index (χ3n) is 3.56. The highest BCUT2D eigenvalue weighted by Gasteiger charge is 2.24. The number of nitrogens with zero attached hydrogens (tertiary/aromatic N) is 3. The van der Waals surface area contributed by atoms with Crippen LogP contribution in [0.15, 0.2) is 36.5 Å². The first-order valence-corrected chi connectivity index (χ1v) is 8.39. The molecule has 2 heterocycles. The maximum atomic E-state index is 12.4. The predicted octanol–water partition coefficient (Wildman–Crippen LogP) is 3.76. The summed E-state index contributed by atoms with van der Waals surface area (Å²) in [7, 11) is 0. The normalized spacial score (nSPS) is 10.7. The molecule has 0 spiro atoms. The molecular weight excluding hydrogens is 360 g/mol. The van der Waals surface area contributed by atoms with E-state index in [0.717, 1.165) is 10.5 Å². The van der Waals surface area contributed by atoms with Gasteiger partial charge in [-0.3, -0.25) is 9.38 Å². The third kappa shape index (κ3) is 3.36. The Morgan fingerprint density at radius 3 is 2.69 bits per heavy atom. The molecule has 0 aliphatic rings. The molecule has 136 valence electrons. The summed E-state index contributed by atoms with van der Waals surface area (Å²) in [5.41, 5.74) is 4.49. The van der Waals surface area contributed by atoms with Crippen molar-refractivity contribution in [3.8, 4) is 0 Å². The van der Waals surface area contributed by atoms with Crippen LogP contribution in [-0.2, 0) is 9.47 Å². The molecule has 0 radical (unpaired) electrons. The largest absolute Gasteiger partial charge is 0.449 e. The number of anilines is 1. The van der Waals surface area contributed by atoms with Crippen LogP contribution >= 0.6 is 11.6 Å². The quantitative estimate of drug-likeness (QED) is 0.703. The molecule has 1 N–H and O–H groups in total. The van der Waals surface area contributed by atoms with Crippen molar-refractivity contribution in [2.24, 2.45) is 0 Å². The minimum Gasteiger partial charge on any atom is -0.449 e. The standard InChI is InChI=1S/C17H17ClN4O4/c1-3-25-16(23)20-22(17(24)26-4-2)15-8-6-12-10-19-13-9-11(18)5-7-14(13)21(12)15/h5-10H,3-4H2,1-2H3,(H,20,23). The number of ether oxygens (including phenoxy) is 2. The first-order chi connectivity index (χ1) is 12.5. The van der Waals surface area contributed by atoms with E-state index in [1.165, 1.54) is 0 Å². The van der Waals surface area contributed by atoms with Crippen molar-refractivity contribution < 1.29 is 19.1 Å². The van der Waals surface area contributed by atoms with Crippen LogP contribution in [0.3, 0.4) is 0 Å². The Kier molecular flexibility index (Phi) is 5.13. The number of aromatic nitrogens is 2. The van der Waals surface area contributed by atoms with Crippen molar-refractivity contribution in [2.75, 3.05) is 18.2 Å². The predicted molar refractivity (Wildman–Crippen MR) is 97.4 cm³/mol. The average molecular weight is 377 g/mol. The number of hydrazine groups is 1. The number of amides is 2. The summed E-state index contributed by atoms with van der Waals surface area (Å²) in [5.74, 6) is 0.376. The molecule has 0 fully saturated rings. The van der Waals surface area contributed by atoms with Gasteiger partial charge in [0.25, 0.3) is 0 Å². The number of carbonyl (C=O) groups excluding carboxylic acids is 2. The molecule has 3 aromatic rings. The second-order valence-electron chi connectivity index (χ2n) is 5.21. The van der Waals surface area contributed by atoms with E-state index < -0.39 is 12.2 Å². The van der Waals surface area contributed by atoms with Gasteiger partial charge in [-0.05, 0) is 44.2 Å². The minimum absolute atomic E-state index is 0.154. The molecule has 0 saturated heterocycles. The van der Waals surface area contributed by atoms with Gasteiger partial charge in [-0.1, -0.05) is 11.6 Å². The highest BCUT2D eigenvalue weighted by atomic mass is 35.5. The monoisotopic (exact) mass is 376 g/mol. The maximum absolute atomic E-state index is 12.4. The Balaban J connectivity index is 2.14. The summed E-state index contributed by atoms with van der Waals surface area (Å²) in [4.78, 5) is 28.6. The lowest BCUT2D eigenvalue weighted by molar-refractivity contribution is 0.138. The Morgan fingerprint density at radius 2 is 1.96 bits per heavy atom. The molecule has 8 nitrogen and oxygen atoms in total. The molecule has 26 heavy (non-hydrogen) atoms. The van der Waals surface area contributed by atoms with E-state index in [0.29, 0.717) is 21.9 Å². The second-order valence-corrected chi connectivity index (χ2v) is 5.65. The first kappa shape index (κ1) is 17.8. The fraction of sp³-hybridized carbons (Fsp3) is 0.235. The number of hydrogen-bond donors (Lipinski definition) is 1. The SMILES string of the molecule is CCOC(=O)NN(C(=O)OCC)c1ccc2cnc3cc(Cl)ccc3n12. The lowest BCUT2D eigenvalue weighted by Crippen LogP contribution is -2.47. The van der Waals surface area contributed by atoms with Crippen LogP contribution in [0, 0.1) is 0 Å². The van der Waals surface area contributed by atoms with E-state index in [2.05, 4.69) is 10.4 Å². The summed E-state index contributed by atoms with van der Waals surface area (Å²) in [6.07, 6.45) is 0.145. The van der Waals surface area contributed by atoms with Gasteiger partial charge >= 0.3 is 12.2 Å². The number of fused-ring (bicyclic) bond motifs is 3. The van der Waals surface area contributed by atoms with Crippen molar-refractivity contribution in [3.05, 3.63) is 41.6 Å². The Bertz CT molecular complexity index is 972. The fourth-order valence-electron chi connectivity index (χ4n) is 2.54. The molecule has 0 unspecified atom stereocenters. The molecule has 0 aliphatic carbocycles. The zero-order valence-electron chi connectivity index (χ0n) is 14.2. The van der Waals surface area contributed by atoms with Crippen molar-refractivity contribution in [1.29, 1.82) is 0 Å². The number of nitrogens with one attached hydrogen (secondary N) is 1. The smallest absolute Gasteiger partial charge is 0.434 e. The van der Waals surface area contributed by atoms with Crippen molar-refractivity contribution >= 4 is 46.2 Å². The first-order valence-electron chi connectivity index (χ1n) is 8.01. The number of rotatable bonds is 3. The number of halogens is 1. The third-order valence-corrected chi connectivity index (χ3v) is 3.80. The van der Waals surface area contributed by atoms with E-state index in [-0.39, 0.29) is 13.2 Å². The van der Waals surface area contributed by atoms with Gasteiger partial charge in [0.2, 0.25) is 0 Å². The highest BCUT2D eigenvalue weighted by molar-refractivity contribution is 6.31. The van der Waals surface area contributed by atoms with E-state index >= 15 is 0 Å². The lowest BCUT2D eigenvalue weighted by atomic mass is 10.3. The molecule has 9 heteroatoms. The van der Waals surface area contributed by atoms with Crippen LogP contribution < -0.4 is 10.4 Å². The molecule has 0 bridgehead atoms. The van der Waals surface area contributed by atoms with Gasteiger partial charge in [0.15, 0.2) is 0 Å².